The van der Waals surface area contributed by atoms with Gasteiger partial charge in [-0.15, -0.1) is 22.7 Å². The zero-order valence-corrected chi connectivity index (χ0v) is 30.5. The molecule has 0 saturated heterocycles. The van der Waals surface area contributed by atoms with Gasteiger partial charge in [-0.05, 0) is 105 Å². The number of hydrogen-bond donors (Lipinski definition) is 0. The van der Waals surface area contributed by atoms with Crippen LogP contribution in [0.15, 0.2) is 199 Å². The van der Waals surface area contributed by atoms with E-state index in [9.17, 15) is 0 Å². The molecule has 0 bridgehead atoms. The SMILES string of the molecule is C1=CC2=CN=C(c3ccc(-c4ccc(N(c5ccc(-c6cc7ccccc7s6)cc5)c5ccc(-c6cc7ccccc7s6)cc5)cc4)cc3)CC2C=C1. The fraction of sp³-hybridized carbons (Fsp3) is 0.0408. The maximum Gasteiger partial charge on any atom is 0.0485 e. The smallest absolute Gasteiger partial charge is 0.0485 e. The molecule has 2 aliphatic rings. The third-order valence-electron chi connectivity index (χ3n) is 10.3. The molecule has 1 unspecified atom stereocenters. The van der Waals surface area contributed by atoms with Crippen LogP contribution in [0.25, 0.3) is 52.2 Å². The van der Waals surface area contributed by atoms with Crippen molar-refractivity contribution in [3.05, 3.63) is 199 Å². The predicted octanol–water partition coefficient (Wildman–Crippen LogP) is 14.4. The minimum Gasteiger partial charge on any atom is -0.311 e. The summed E-state index contributed by atoms with van der Waals surface area (Å²) in [6, 6.07) is 57.6. The lowest BCUT2D eigenvalue weighted by Crippen LogP contribution is -2.14. The van der Waals surface area contributed by atoms with Gasteiger partial charge in [0.15, 0.2) is 0 Å². The summed E-state index contributed by atoms with van der Waals surface area (Å²) in [6.45, 7) is 0. The van der Waals surface area contributed by atoms with E-state index in [-0.39, 0.29) is 0 Å². The van der Waals surface area contributed by atoms with Crippen molar-refractivity contribution in [2.24, 2.45) is 10.9 Å². The van der Waals surface area contributed by atoms with Crippen molar-refractivity contribution in [1.29, 1.82) is 0 Å². The van der Waals surface area contributed by atoms with Crippen molar-refractivity contribution in [2.75, 3.05) is 4.90 Å². The van der Waals surface area contributed by atoms with Crippen molar-refractivity contribution in [3.8, 4) is 32.0 Å². The van der Waals surface area contributed by atoms with Crippen LogP contribution in [0, 0.1) is 5.92 Å². The number of allylic oxidation sites excluding steroid dienone is 5. The molecule has 2 aromatic heterocycles. The van der Waals surface area contributed by atoms with Crippen LogP contribution in [0.3, 0.4) is 0 Å². The van der Waals surface area contributed by atoms with E-state index < -0.39 is 0 Å². The first kappa shape index (κ1) is 31.6. The van der Waals surface area contributed by atoms with Crippen molar-refractivity contribution in [1.82, 2.24) is 0 Å². The average Bonchev–Trinajstić information content (AvgIpc) is 3.87. The second-order valence-corrected chi connectivity index (χ2v) is 15.8. The molecule has 3 heterocycles. The highest BCUT2D eigenvalue weighted by molar-refractivity contribution is 7.22. The van der Waals surface area contributed by atoms with Gasteiger partial charge in [-0.2, -0.15) is 0 Å². The second kappa shape index (κ2) is 13.5. The van der Waals surface area contributed by atoms with Crippen molar-refractivity contribution < 1.29 is 0 Å². The minimum atomic E-state index is 0.418. The Morgan fingerprint density at radius 1 is 0.491 bits per heavy atom. The average molecular weight is 715 g/mol. The summed E-state index contributed by atoms with van der Waals surface area (Å²) in [4.78, 5) is 9.73. The largest absolute Gasteiger partial charge is 0.311 e. The second-order valence-electron chi connectivity index (χ2n) is 13.6. The first-order chi connectivity index (χ1) is 26.2. The van der Waals surface area contributed by atoms with E-state index in [1.807, 2.05) is 28.9 Å². The van der Waals surface area contributed by atoms with Gasteiger partial charge in [0.2, 0.25) is 0 Å². The molecule has 10 rings (SSSR count). The molecular formula is C49H34N2S2. The van der Waals surface area contributed by atoms with E-state index in [0.29, 0.717) is 5.92 Å². The van der Waals surface area contributed by atoms with Crippen molar-refractivity contribution in [2.45, 2.75) is 6.42 Å². The summed E-state index contributed by atoms with van der Waals surface area (Å²) in [5.74, 6) is 0.418. The number of benzene rings is 6. The van der Waals surface area contributed by atoms with E-state index in [1.54, 1.807) is 0 Å². The molecule has 8 aromatic rings. The van der Waals surface area contributed by atoms with Crippen molar-refractivity contribution in [3.63, 3.8) is 0 Å². The Balaban J connectivity index is 0.962. The topological polar surface area (TPSA) is 15.6 Å². The lowest BCUT2D eigenvalue weighted by Gasteiger charge is -2.26. The Hall–Kier alpha value is -6.07. The third-order valence-corrected chi connectivity index (χ3v) is 12.6. The van der Waals surface area contributed by atoms with Gasteiger partial charge >= 0.3 is 0 Å². The summed E-state index contributed by atoms with van der Waals surface area (Å²) < 4.78 is 2.63. The van der Waals surface area contributed by atoms with Gasteiger partial charge in [0.25, 0.3) is 0 Å². The quantitative estimate of drug-likeness (QED) is 0.160. The lowest BCUT2D eigenvalue weighted by atomic mass is 9.86. The monoisotopic (exact) mass is 714 g/mol. The molecule has 53 heavy (non-hydrogen) atoms. The molecule has 6 aromatic carbocycles. The minimum absolute atomic E-state index is 0.418. The molecule has 0 fully saturated rings. The lowest BCUT2D eigenvalue weighted by molar-refractivity contribution is 0.798. The van der Waals surface area contributed by atoms with Gasteiger partial charge in [-0.25, -0.2) is 0 Å². The summed E-state index contributed by atoms with van der Waals surface area (Å²) in [5.41, 5.74) is 11.8. The molecule has 252 valence electrons. The Morgan fingerprint density at radius 2 is 0.962 bits per heavy atom. The van der Waals surface area contributed by atoms with Crippen molar-refractivity contribution >= 4 is 65.6 Å². The van der Waals surface area contributed by atoms with E-state index in [4.69, 9.17) is 4.99 Å². The van der Waals surface area contributed by atoms with E-state index in [1.165, 1.54) is 63.3 Å². The summed E-state index contributed by atoms with van der Waals surface area (Å²) in [5, 5.41) is 2.58. The molecule has 1 aliphatic heterocycles. The van der Waals surface area contributed by atoms with Crippen LogP contribution in [0.4, 0.5) is 17.1 Å². The fourth-order valence-electron chi connectivity index (χ4n) is 7.43. The Kier molecular flexibility index (Phi) is 8.05. The number of rotatable bonds is 7. The highest BCUT2D eigenvalue weighted by Gasteiger charge is 2.20. The molecule has 0 saturated carbocycles. The zero-order chi connectivity index (χ0) is 35.1. The van der Waals surface area contributed by atoms with Gasteiger partial charge < -0.3 is 4.90 Å². The number of thiophene rings is 2. The van der Waals surface area contributed by atoms with E-state index >= 15 is 0 Å². The molecule has 2 nitrogen and oxygen atoms in total. The highest BCUT2D eigenvalue weighted by Crippen LogP contribution is 2.41. The molecule has 1 atom stereocenters. The standard InChI is InChI=1S/C49H34N2S2/c1-2-10-41-32-50-45(29-38(41)7-1)35-15-13-33(14-16-35)34-17-23-42(24-18-34)51(43-25-19-36(20-26-43)48-30-39-8-3-5-11-46(39)52-48)44-27-21-37(22-28-44)49-31-40-9-4-6-12-47(40)53-49/h1-28,30-32,38H,29H2. The molecular weight excluding hydrogens is 681 g/mol. The number of fused-ring (bicyclic) bond motifs is 3. The summed E-state index contributed by atoms with van der Waals surface area (Å²) >= 11 is 3.69. The van der Waals surface area contributed by atoms with Gasteiger partial charge in [-0.3, -0.25) is 4.99 Å². The Labute approximate surface area is 317 Å². The molecule has 0 N–H and O–H groups in total. The molecule has 4 heteroatoms. The van der Waals surface area contributed by atoms with E-state index in [0.717, 1.165) is 29.2 Å². The molecule has 0 radical (unpaired) electrons. The number of nitrogens with zero attached hydrogens (tertiary/aromatic N) is 2. The van der Waals surface area contributed by atoms with Crippen LogP contribution in [0.2, 0.25) is 0 Å². The molecule has 1 aliphatic carbocycles. The van der Waals surface area contributed by atoms with Crippen LogP contribution in [-0.2, 0) is 0 Å². The van der Waals surface area contributed by atoms with Gasteiger partial charge in [0.1, 0.15) is 0 Å². The Bertz CT molecular complexity index is 2540. The van der Waals surface area contributed by atoms with Gasteiger partial charge in [-0.1, -0.05) is 121 Å². The third kappa shape index (κ3) is 6.16. The maximum absolute atomic E-state index is 4.80. The predicted molar refractivity (Wildman–Crippen MR) is 229 cm³/mol. The van der Waals surface area contributed by atoms with Crippen LogP contribution in [0.1, 0.15) is 12.0 Å². The van der Waals surface area contributed by atoms with E-state index in [2.05, 4.69) is 187 Å². The summed E-state index contributed by atoms with van der Waals surface area (Å²) in [6.07, 6.45) is 11.6. The van der Waals surface area contributed by atoms with Crippen LogP contribution in [-0.4, -0.2) is 5.71 Å². The molecule has 0 amide bonds. The first-order valence-electron chi connectivity index (χ1n) is 18.0. The number of anilines is 3. The number of hydrogen-bond acceptors (Lipinski definition) is 4. The van der Waals surface area contributed by atoms with Crippen LogP contribution >= 0.6 is 22.7 Å². The maximum atomic E-state index is 4.80. The first-order valence-corrected chi connectivity index (χ1v) is 19.7. The van der Waals surface area contributed by atoms with Crippen LogP contribution in [0.5, 0.6) is 0 Å². The van der Waals surface area contributed by atoms with Crippen LogP contribution < -0.4 is 4.90 Å². The fourth-order valence-corrected chi connectivity index (χ4v) is 9.57. The Morgan fingerprint density at radius 3 is 1.49 bits per heavy atom. The highest BCUT2D eigenvalue weighted by atomic mass is 32.1. The van der Waals surface area contributed by atoms with Gasteiger partial charge in [0.05, 0.1) is 0 Å². The van der Waals surface area contributed by atoms with Gasteiger partial charge in [0, 0.05) is 60.5 Å². The molecule has 0 spiro atoms. The summed E-state index contributed by atoms with van der Waals surface area (Å²) in [7, 11) is 0. The number of aliphatic imine (C=N–C) groups is 1. The normalized spacial score (nSPS) is 15.0. The zero-order valence-electron chi connectivity index (χ0n) is 28.9.